The van der Waals surface area contributed by atoms with E-state index in [1.807, 2.05) is 13.8 Å². The Labute approximate surface area is 115 Å². The summed E-state index contributed by atoms with van der Waals surface area (Å²) in [5, 5.41) is 3.55. The van der Waals surface area contributed by atoms with E-state index in [-0.39, 0.29) is 17.5 Å². The van der Waals surface area contributed by atoms with Gasteiger partial charge in [0.05, 0.1) is 12.7 Å². The second-order valence-electron chi connectivity index (χ2n) is 4.24. The van der Waals surface area contributed by atoms with Gasteiger partial charge in [-0.2, -0.15) is 0 Å². The smallest absolute Gasteiger partial charge is 0.254 e. The van der Waals surface area contributed by atoms with Crippen molar-refractivity contribution >= 4 is 21.8 Å². The van der Waals surface area contributed by atoms with Crippen molar-refractivity contribution in [2.75, 3.05) is 12.4 Å². The monoisotopic (exact) mass is 317 g/mol. The number of methoxy groups -OCH3 is 1. The maximum atomic E-state index is 13.7. The summed E-state index contributed by atoms with van der Waals surface area (Å²) in [6.45, 7) is 3.90. The molecule has 18 heavy (non-hydrogen) atoms. The molecular weight excluding hydrogens is 301 g/mol. The lowest BCUT2D eigenvalue weighted by Crippen LogP contribution is -2.38. The molecule has 1 aromatic carbocycles. The fourth-order valence-corrected chi connectivity index (χ4v) is 1.93. The minimum absolute atomic E-state index is 0.0293. The number of carbonyl (C=O) groups excluding carboxylic acids is 1. The first kappa shape index (κ1) is 15.0. The Balaban J connectivity index is 2.78. The first-order chi connectivity index (χ1) is 8.49. The van der Waals surface area contributed by atoms with Gasteiger partial charge in [-0.3, -0.25) is 4.79 Å². The van der Waals surface area contributed by atoms with Crippen LogP contribution in [0.5, 0.6) is 5.75 Å². The average Bonchev–Trinajstić information content (AvgIpc) is 2.37. The lowest BCUT2D eigenvalue weighted by atomic mass is 10.1. The highest BCUT2D eigenvalue weighted by atomic mass is 79.9. The zero-order valence-corrected chi connectivity index (χ0v) is 12.3. The maximum absolute atomic E-state index is 13.7. The van der Waals surface area contributed by atoms with E-state index >= 15 is 0 Å². The van der Waals surface area contributed by atoms with E-state index in [2.05, 4.69) is 21.2 Å². The molecule has 1 N–H and O–H groups in total. The van der Waals surface area contributed by atoms with Crippen molar-refractivity contribution in [3.63, 3.8) is 0 Å². The molecule has 0 bridgehead atoms. The first-order valence-corrected chi connectivity index (χ1v) is 6.82. The third-order valence-electron chi connectivity index (χ3n) is 2.88. The second kappa shape index (κ2) is 6.73. The van der Waals surface area contributed by atoms with Gasteiger partial charge in [-0.15, -0.1) is 0 Å². The van der Waals surface area contributed by atoms with E-state index in [9.17, 15) is 9.18 Å². The number of halogens is 2. The van der Waals surface area contributed by atoms with Crippen molar-refractivity contribution < 1.29 is 13.9 Å². The predicted molar refractivity (Wildman–Crippen MR) is 72.8 cm³/mol. The molecule has 0 aromatic heterocycles. The van der Waals surface area contributed by atoms with Gasteiger partial charge in [0.25, 0.3) is 5.91 Å². The lowest BCUT2D eigenvalue weighted by Gasteiger charge is -2.19. The van der Waals surface area contributed by atoms with Crippen LogP contribution in [-0.4, -0.2) is 24.4 Å². The summed E-state index contributed by atoms with van der Waals surface area (Å²) in [7, 11) is 1.45. The number of hydrogen-bond acceptors (Lipinski definition) is 2. The minimum Gasteiger partial charge on any atom is -0.497 e. The lowest BCUT2D eigenvalue weighted by molar-refractivity contribution is 0.0927. The molecular formula is C13H17BrFNO2. The van der Waals surface area contributed by atoms with Crippen LogP contribution >= 0.6 is 15.9 Å². The molecule has 0 saturated heterocycles. The topological polar surface area (TPSA) is 38.3 Å². The molecule has 1 rings (SSSR count). The fourth-order valence-electron chi connectivity index (χ4n) is 1.37. The molecule has 2 unspecified atom stereocenters. The number of alkyl halides is 1. The van der Waals surface area contributed by atoms with Crippen LogP contribution in [0.4, 0.5) is 4.39 Å². The Morgan fingerprint density at radius 2 is 2.17 bits per heavy atom. The van der Waals surface area contributed by atoms with Crippen LogP contribution in [0.25, 0.3) is 0 Å². The summed E-state index contributed by atoms with van der Waals surface area (Å²) >= 11 is 3.35. The van der Waals surface area contributed by atoms with Gasteiger partial charge < -0.3 is 10.1 Å². The normalized spacial score (nSPS) is 13.8. The highest BCUT2D eigenvalue weighted by Crippen LogP contribution is 2.16. The number of hydrogen-bond donors (Lipinski definition) is 1. The molecule has 5 heteroatoms. The van der Waals surface area contributed by atoms with Crippen molar-refractivity contribution in [1.82, 2.24) is 5.32 Å². The fraction of sp³-hybridized carbons (Fsp3) is 0.462. The van der Waals surface area contributed by atoms with E-state index in [1.165, 1.54) is 19.2 Å². The third-order valence-corrected chi connectivity index (χ3v) is 3.90. The minimum atomic E-state index is -0.578. The summed E-state index contributed by atoms with van der Waals surface area (Å²) in [6.07, 6.45) is 0. The van der Waals surface area contributed by atoms with Crippen LogP contribution in [0.1, 0.15) is 24.2 Å². The van der Waals surface area contributed by atoms with Crippen molar-refractivity contribution in [2.45, 2.75) is 19.9 Å². The van der Waals surface area contributed by atoms with Gasteiger partial charge in [0.1, 0.15) is 11.6 Å². The number of nitrogens with one attached hydrogen (secondary N) is 1. The summed E-state index contributed by atoms with van der Waals surface area (Å²) in [5.41, 5.74) is 0.0319. The number of carbonyl (C=O) groups is 1. The molecule has 1 amide bonds. The third kappa shape index (κ3) is 3.70. The average molecular weight is 318 g/mol. The van der Waals surface area contributed by atoms with Crippen LogP contribution in [0.3, 0.4) is 0 Å². The first-order valence-electron chi connectivity index (χ1n) is 5.70. The van der Waals surface area contributed by atoms with E-state index in [0.29, 0.717) is 5.75 Å². The molecule has 3 nitrogen and oxygen atoms in total. The highest BCUT2D eigenvalue weighted by Gasteiger charge is 2.17. The molecule has 2 atom stereocenters. The van der Waals surface area contributed by atoms with Crippen molar-refractivity contribution in [1.29, 1.82) is 0 Å². The zero-order valence-electron chi connectivity index (χ0n) is 10.7. The van der Waals surface area contributed by atoms with E-state index in [0.717, 1.165) is 5.33 Å². The molecule has 0 heterocycles. The Kier molecular flexibility index (Phi) is 5.59. The van der Waals surface area contributed by atoms with Gasteiger partial charge in [0.15, 0.2) is 0 Å². The summed E-state index contributed by atoms with van der Waals surface area (Å²) < 4.78 is 18.6. The van der Waals surface area contributed by atoms with Gasteiger partial charge in [-0.25, -0.2) is 4.39 Å². The van der Waals surface area contributed by atoms with Crippen molar-refractivity contribution in [2.24, 2.45) is 5.92 Å². The Morgan fingerprint density at radius 3 is 2.67 bits per heavy atom. The summed E-state index contributed by atoms with van der Waals surface area (Å²) in [5.74, 6) is -0.317. The van der Waals surface area contributed by atoms with Gasteiger partial charge >= 0.3 is 0 Å². The summed E-state index contributed by atoms with van der Waals surface area (Å²) in [6, 6.07) is 4.16. The zero-order chi connectivity index (χ0) is 13.7. The highest BCUT2D eigenvalue weighted by molar-refractivity contribution is 9.09. The van der Waals surface area contributed by atoms with Crippen LogP contribution < -0.4 is 10.1 Å². The van der Waals surface area contributed by atoms with Crippen LogP contribution in [0.2, 0.25) is 0 Å². The molecule has 0 saturated carbocycles. The molecule has 0 fully saturated rings. The number of ether oxygens (including phenoxy) is 1. The van der Waals surface area contributed by atoms with Gasteiger partial charge in [-0.05, 0) is 25.0 Å². The second-order valence-corrected chi connectivity index (χ2v) is 4.89. The van der Waals surface area contributed by atoms with Crippen LogP contribution in [0, 0.1) is 11.7 Å². The number of rotatable bonds is 5. The Morgan fingerprint density at radius 1 is 1.50 bits per heavy atom. The predicted octanol–water partition coefficient (Wildman–Crippen LogP) is 2.98. The Bertz CT molecular complexity index is 425. The Hall–Kier alpha value is -1.10. The molecule has 0 spiro atoms. The van der Waals surface area contributed by atoms with E-state index in [4.69, 9.17) is 4.74 Å². The van der Waals surface area contributed by atoms with Crippen LogP contribution in [0.15, 0.2) is 18.2 Å². The molecule has 0 aliphatic heterocycles. The van der Waals surface area contributed by atoms with Crippen LogP contribution in [-0.2, 0) is 0 Å². The SMILES string of the molecule is COc1ccc(C(=O)NC(C)C(C)CBr)c(F)c1. The quantitative estimate of drug-likeness (QED) is 0.848. The molecule has 0 aliphatic rings. The van der Waals surface area contributed by atoms with Crippen molar-refractivity contribution in [3.05, 3.63) is 29.6 Å². The summed E-state index contributed by atoms with van der Waals surface area (Å²) in [4.78, 5) is 11.9. The number of amides is 1. The maximum Gasteiger partial charge on any atom is 0.254 e. The van der Waals surface area contributed by atoms with E-state index < -0.39 is 11.7 Å². The van der Waals surface area contributed by atoms with Gasteiger partial charge in [0, 0.05) is 17.4 Å². The molecule has 0 aliphatic carbocycles. The molecule has 1 aromatic rings. The van der Waals surface area contributed by atoms with E-state index in [1.54, 1.807) is 6.07 Å². The van der Waals surface area contributed by atoms with Gasteiger partial charge in [-0.1, -0.05) is 22.9 Å². The standard InChI is InChI=1S/C13H17BrFNO2/c1-8(7-14)9(2)16-13(17)11-5-4-10(18-3)6-12(11)15/h4-6,8-9H,7H2,1-3H3,(H,16,17). The molecule has 0 radical (unpaired) electrons. The number of benzene rings is 1. The largest absolute Gasteiger partial charge is 0.497 e. The molecule has 100 valence electrons. The van der Waals surface area contributed by atoms with Crippen molar-refractivity contribution in [3.8, 4) is 5.75 Å². The van der Waals surface area contributed by atoms with Gasteiger partial charge in [0.2, 0.25) is 0 Å².